The van der Waals surface area contributed by atoms with E-state index in [0.717, 1.165) is 74.7 Å². The number of unbranched alkanes of at least 4 members (excludes halogenated alkanes) is 1. The van der Waals surface area contributed by atoms with E-state index in [9.17, 15) is 0 Å². The first-order valence-electron chi connectivity index (χ1n) is 11.4. The molecule has 0 bridgehead atoms. The Morgan fingerprint density at radius 1 is 0.938 bits per heavy atom. The van der Waals surface area contributed by atoms with Crippen molar-refractivity contribution >= 4 is 10.9 Å². The largest absolute Gasteiger partial charge is 0.497 e. The number of nitrogens with zero attached hydrogens (tertiary/aromatic N) is 3. The molecular formula is C26H32N4O2. The van der Waals surface area contributed by atoms with Crippen molar-refractivity contribution < 1.29 is 9.47 Å². The summed E-state index contributed by atoms with van der Waals surface area (Å²) in [5.41, 5.74) is 4.36. The van der Waals surface area contributed by atoms with Gasteiger partial charge < -0.3 is 19.4 Å². The summed E-state index contributed by atoms with van der Waals surface area (Å²) in [6, 6.07) is 14.2. The number of fused-ring (bicyclic) bond motifs is 1. The standard InChI is InChI=1S/C26H32N4O2/c1-31-23-8-7-22(26(16-23)32-2)19-30-13-11-29(12-14-30)10-4-3-5-21-18-28-25-9-6-20(17-27)15-24(21)25/h6-9,15-16,18,28H,3-5,10-14,19H2,1-2H3. The number of rotatable bonds is 9. The molecule has 4 rings (SSSR count). The van der Waals surface area contributed by atoms with E-state index in [-0.39, 0.29) is 0 Å². The third kappa shape index (κ3) is 5.24. The summed E-state index contributed by atoms with van der Waals surface area (Å²) in [7, 11) is 3.40. The zero-order chi connectivity index (χ0) is 22.3. The molecule has 1 saturated heterocycles. The first kappa shape index (κ1) is 22.2. The van der Waals surface area contributed by atoms with Crippen molar-refractivity contribution in [2.75, 3.05) is 46.9 Å². The summed E-state index contributed by atoms with van der Waals surface area (Å²) >= 11 is 0. The second-order valence-electron chi connectivity index (χ2n) is 8.44. The topological polar surface area (TPSA) is 64.5 Å². The van der Waals surface area contributed by atoms with Crippen molar-refractivity contribution in [3.05, 3.63) is 59.3 Å². The number of aryl methyl sites for hydroxylation is 1. The van der Waals surface area contributed by atoms with Crippen LogP contribution < -0.4 is 9.47 Å². The van der Waals surface area contributed by atoms with Crippen LogP contribution in [0.4, 0.5) is 0 Å². The lowest BCUT2D eigenvalue weighted by Gasteiger charge is -2.35. The van der Waals surface area contributed by atoms with Gasteiger partial charge in [-0.15, -0.1) is 0 Å². The van der Waals surface area contributed by atoms with Crippen LogP contribution in [0.25, 0.3) is 10.9 Å². The molecule has 0 spiro atoms. The van der Waals surface area contributed by atoms with Gasteiger partial charge in [-0.3, -0.25) is 4.90 Å². The van der Waals surface area contributed by atoms with Crippen molar-refractivity contribution in [1.82, 2.24) is 14.8 Å². The number of piperazine rings is 1. The van der Waals surface area contributed by atoms with Crippen LogP contribution in [0.1, 0.15) is 29.5 Å². The van der Waals surface area contributed by atoms with Crippen molar-refractivity contribution in [2.24, 2.45) is 0 Å². The average Bonchev–Trinajstić information content (AvgIpc) is 3.25. The third-order valence-corrected chi connectivity index (χ3v) is 6.42. The second-order valence-corrected chi connectivity index (χ2v) is 8.44. The van der Waals surface area contributed by atoms with Gasteiger partial charge in [0, 0.05) is 61.5 Å². The van der Waals surface area contributed by atoms with Crippen molar-refractivity contribution in [3.8, 4) is 17.6 Å². The highest BCUT2D eigenvalue weighted by atomic mass is 16.5. The Bertz CT molecular complexity index is 1080. The van der Waals surface area contributed by atoms with Gasteiger partial charge in [0.15, 0.2) is 0 Å². The average molecular weight is 433 g/mol. The lowest BCUT2D eigenvalue weighted by atomic mass is 10.1. The van der Waals surface area contributed by atoms with E-state index < -0.39 is 0 Å². The summed E-state index contributed by atoms with van der Waals surface area (Å²) < 4.78 is 10.9. The molecule has 0 radical (unpaired) electrons. The monoisotopic (exact) mass is 432 g/mol. The maximum Gasteiger partial charge on any atom is 0.127 e. The summed E-state index contributed by atoms with van der Waals surface area (Å²) in [6.07, 6.45) is 5.49. The highest BCUT2D eigenvalue weighted by molar-refractivity contribution is 5.84. The number of benzene rings is 2. The Morgan fingerprint density at radius 2 is 1.75 bits per heavy atom. The van der Waals surface area contributed by atoms with Crippen LogP contribution in [0.5, 0.6) is 11.5 Å². The molecule has 168 valence electrons. The lowest BCUT2D eigenvalue weighted by Crippen LogP contribution is -2.46. The lowest BCUT2D eigenvalue weighted by molar-refractivity contribution is 0.125. The predicted octanol–water partition coefficient (Wildman–Crippen LogP) is 4.20. The van der Waals surface area contributed by atoms with E-state index in [0.29, 0.717) is 0 Å². The highest BCUT2D eigenvalue weighted by Crippen LogP contribution is 2.26. The number of H-pyrrole nitrogens is 1. The molecule has 0 unspecified atom stereocenters. The fraction of sp³-hybridized carbons (Fsp3) is 0.423. The number of methoxy groups -OCH3 is 2. The van der Waals surface area contributed by atoms with Gasteiger partial charge in [0.25, 0.3) is 0 Å². The fourth-order valence-electron chi connectivity index (χ4n) is 4.50. The first-order chi connectivity index (χ1) is 15.7. The number of hydrogen-bond donors (Lipinski definition) is 1. The van der Waals surface area contributed by atoms with Gasteiger partial charge in [-0.05, 0) is 55.6 Å². The van der Waals surface area contributed by atoms with Crippen LogP contribution in [-0.4, -0.2) is 61.7 Å². The summed E-state index contributed by atoms with van der Waals surface area (Å²) in [4.78, 5) is 8.40. The fourth-order valence-corrected chi connectivity index (χ4v) is 4.50. The third-order valence-electron chi connectivity index (χ3n) is 6.42. The van der Waals surface area contributed by atoms with Crippen LogP contribution in [0, 0.1) is 11.3 Å². The van der Waals surface area contributed by atoms with E-state index >= 15 is 0 Å². The van der Waals surface area contributed by atoms with Gasteiger partial charge >= 0.3 is 0 Å². The molecule has 0 atom stereocenters. The molecule has 1 N–H and O–H groups in total. The Hall–Kier alpha value is -3.01. The zero-order valence-electron chi connectivity index (χ0n) is 19.1. The van der Waals surface area contributed by atoms with E-state index in [4.69, 9.17) is 14.7 Å². The number of nitriles is 1. The van der Waals surface area contributed by atoms with Crippen LogP contribution in [0.2, 0.25) is 0 Å². The molecule has 2 aromatic carbocycles. The van der Waals surface area contributed by atoms with Crippen molar-refractivity contribution in [3.63, 3.8) is 0 Å². The number of aromatic nitrogens is 1. The van der Waals surface area contributed by atoms with Gasteiger partial charge in [0.2, 0.25) is 0 Å². The molecule has 0 aliphatic carbocycles. The second kappa shape index (κ2) is 10.5. The van der Waals surface area contributed by atoms with E-state index in [1.165, 1.54) is 22.9 Å². The van der Waals surface area contributed by atoms with Crippen LogP contribution in [0.3, 0.4) is 0 Å². The molecule has 3 aromatic rings. The summed E-state index contributed by atoms with van der Waals surface area (Å²) in [6.45, 7) is 6.43. The molecule has 6 nitrogen and oxygen atoms in total. The number of ether oxygens (including phenoxy) is 2. The van der Waals surface area contributed by atoms with Gasteiger partial charge in [-0.1, -0.05) is 6.07 Å². The quantitative estimate of drug-likeness (QED) is 0.514. The van der Waals surface area contributed by atoms with E-state index in [2.05, 4.69) is 33.1 Å². The Balaban J connectivity index is 1.20. The maximum atomic E-state index is 9.15. The van der Waals surface area contributed by atoms with Crippen LogP contribution in [0.15, 0.2) is 42.6 Å². The zero-order valence-corrected chi connectivity index (χ0v) is 19.1. The van der Waals surface area contributed by atoms with Gasteiger partial charge in [0.05, 0.1) is 25.9 Å². The van der Waals surface area contributed by atoms with Crippen LogP contribution >= 0.6 is 0 Å². The summed E-state index contributed by atoms with van der Waals surface area (Å²) in [5.74, 6) is 1.72. The molecule has 1 aliphatic rings. The predicted molar refractivity (Wildman–Crippen MR) is 127 cm³/mol. The van der Waals surface area contributed by atoms with Crippen molar-refractivity contribution in [2.45, 2.75) is 25.8 Å². The highest BCUT2D eigenvalue weighted by Gasteiger charge is 2.18. The Kier molecular flexibility index (Phi) is 7.31. The first-order valence-corrected chi connectivity index (χ1v) is 11.4. The molecule has 6 heteroatoms. The number of nitrogens with one attached hydrogen (secondary N) is 1. The molecule has 1 aliphatic heterocycles. The number of aromatic amines is 1. The normalized spacial score (nSPS) is 15.0. The molecule has 0 amide bonds. The van der Waals surface area contributed by atoms with Crippen LogP contribution in [-0.2, 0) is 13.0 Å². The van der Waals surface area contributed by atoms with E-state index in [1.807, 2.05) is 30.3 Å². The SMILES string of the molecule is COc1ccc(CN2CCN(CCCCc3c[nH]c4ccc(C#N)cc34)CC2)c(OC)c1. The molecular weight excluding hydrogens is 400 g/mol. The minimum atomic E-state index is 0.725. The smallest absolute Gasteiger partial charge is 0.127 e. The molecule has 1 aromatic heterocycles. The van der Waals surface area contributed by atoms with Gasteiger partial charge in [-0.25, -0.2) is 0 Å². The molecule has 1 fully saturated rings. The summed E-state index contributed by atoms with van der Waals surface area (Å²) in [5, 5.41) is 10.3. The maximum absolute atomic E-state index is 9.15. The molecule has 0 saturated carbocycles. The number of hydrogen-bond acceptors (Lipinski definition) is 5. The molecule has 2 heterocycles. The minimum absolute atomic E-state index is 0.725. The minimum Gasteiger partial charge on any atom is -0.497 e. The molecule has 32 heavy (non-hydrogen) atoms. The van der Waals surface area contributed by atoms with E-state index in [1.54, 1.807) is 14.2 Å². The van der Waals surface area contributed by atoms with Gasteiger partial charge in [0.1, 0.15) is 11.5 Å². The van der Waals surface area contributed by atoms with Crippen molar-refractivity contribution in [1.29, 1.82) is 5.26 Å². The Labute approximate surface area is 190 Å². The Morgan fingerprint density at radius 3 is 2.50 bits per heavy atom. The van der Waals surface area contributed by atoms with Gasteiger partial charge in [-0.2, -0.15) is 5.26 Å².